The highest BCUT2D eigenvalue weighted by atomic mass is 16.5. The maximum Gasteiger partial charge on any atom is 0.126 e. The molecule has 0 amide bonds. The van der Waals surface area contributed by atoms with Crippen molar-refractivity contribution in [1.29, 1.82) is 0 Å². The van der Waals surface area contributed by atoms with Gasteiger partial charge < -0.3 is 14.4 Å². The average Bonchev–Trinajstić information content (AvgIpc) is 3.01. The highest BCUT2D eigenvalue weighted by Crippen LogP contribution is 2.34. The van der Waals surface area contributed by atoms with Gasteiger partial charge in [-0.25, -0.2) is 0 Å². The van der Waals surface area contributed by atoms with E-state index in [1.54, 1.807) is 14.2 Å². The monoisotopic (exact) mass is 539 g/mol. The van der Waals surface area contributed by atoms with Crippen molar-refractivity contribution in [3.63, 3.8) is 0 Å². The summed E-state index contributed by atoms with van der Waals surface area (Å²) < 4.78 is 11.5. The Balaban J connectivity index is 1.39. The minimum Gasteiger partial charge on any atom is -0.496 e. The molecule has 0 heterocycles. The largest absolute Gasteiger partial charge is 0.496 e. The van der Waals surface area contributed by atoms with E-state index >= 15 is 0 Å². The highest BCUT2D eigenvalue weighted by Gasteiger charge is 2.16. The van der Waals surface area contributed by atoms with Gasteiger partial charge in [0.15, 0.2) is 0 Å². The maximum absolute atomic E-state index is 5.76. The van der Waals surface area contributed by atoms with Crippen molar-refractivity contribution >= 4 is 35.7 Å². The number of anilines is 2. The fraction of sp³-hybridized carbons (Fsp3) is 0.158. The number of benzene rings is 4. The zero-order valence-corrected chi connectivity index (χ0v) is 24.2. The van der Waals surface area contributed by atoms with Crippen LogP contribution < -0.4 is 14.4 Å². The van der Waals surface area contributed by atoms with Gasteiger partial charge >= 0.3 is 0 Å². The van der Waals surface area contributed by atoms with Gasteiger partial charge in [0.25, 0.3) is 0 Å². The van der Waals surface area contributed by atoms with Crippen LogP contribution >= 0.6 is 0 Å². The van der Waals surface area contributed by atoms with Crippen molar-refractivity contribution in [2.75, 3.05) is 19.1 Å². The number of rotatable bonds is 9. The molecule has 0 spiro atoms. The van der Waals surface area contributed by atoms with Crippen LogP contribution in [0.2, 0.25) is 0 Å². The van der Waals surface area contributed by atoms with Gasteiger partial charge in [-0.15, -0.1) is 0 Å². The molecule has 0 N–H and O–H groups in total. The Hall–Kier alpha value is -4.76. The first-order valence-electron chi connectivity index (χ1n) is 14.1. The van der Waals surface area contributed by atoms with Crippen LogP contribution in [0.3, 0.4) is 0 Å². The number of ether oxygens (including phenoxy) is 2. The van der Waals surface area contributed by atoms with Crippen molar-refractivity contribution in [3.05, 3.63) is 143 Å². The predicted molar refractivity (Wildman–Crippen MR) is 175 cm³/mol. The van der Waals surface area contributed by atoms with Crippen LogP contribution in [0.1, 0.15) is 41.2 Å². The second-order valence-corrected chi connectivity index (χ2v) is 10.4. The molecular weight excluding hydrogens is 502 g/mol. The van der Waals surface area contributed by atoms with Gasteiger partial charge in [-0.3, -0.25) is 0 Å². The van der Waals surface area contributed by atoms with E-state index in [1.807, 2.05) is 12.1 Å². The van der Waals surface area contributed by atoms with Crippen LogP contribution in [-0.4, -0.2) is 14.2 Å². The number of hydrogen-bond donors (Lipinski definition) is 0. The Labute approximate surface area is 244 Å². The molecule has 3 nitrogen and oxygen atoms in total. The van der Waals surface area contributed by atoms with Crippen LogP contribution in [0.25, 0.3) is 24.3 Å². The van der Waals surface area contributed by atoms with Crippen molar-refractivity contribution in [2.45, 2.75) is 20.3 Å². The molecule has 0 saturated carbocycles. The van der Waals surface area contributed by atoms with E-state index < -0.39 is 0 Å². The van der Waals surface area contributed by atoms with E-state index in [9.17, 15) is 0 Å². The number of allylic oxidation sites excluding steroid dienone is 3. The summed E-state index contributed by atoms with van der Waals surface area (Å²) in [5.41, 5.74) is 8.89. The minimum atomic E-state index is 0.514. The zero-order valence-electron chi connectivity index (χ0n) is 24.2. The molecule has 3 heteroatoms. The molecule has 4 aromatic carbocycles. The fourth-order valence-electron chi connectivity index (χ4n) is 4.98. The summed E-state index contributed by atoms with van der Waals surface area (Å²) in [5.74, 6) is 2.10. The SMILES string of the molecule is COc1cc(/C=C/c2ccc(N(C3=CC(C)CC=C3)c3ccccc3)cc2)c(OC)cc1/C=C/c1ccc(C)cc1. The van der Waals surface area contributed by atoms with Gasteiger partial charge in [-0.1, -0.05) is 104 Å². The van der Waals surface area contributed by atoms with Crippen LogP contribution in [-0.2, 0) is 0 Å². The third kappa shape index (κ3) is 6.88. The Morgan fingerprint density at radius 3 is 1.76 bits per heavy atom. The van der Waals surface area contributed by atoms with Gasteiger partial charge in [0.1, 0.15) is 11.5 Å². The minimum absolute atomic E-state index is 0.514. The van der Waals surface area contributed by atoms with E-state index in [0.717, 1.165) is 51.5 Å². The lowest BCUT2D eigenvalue weighted by molar-refractivity contribution is 0.401. The van der Waals surface area contributed by atoms with E-state index in [4.69, 9.17) is 9.47 Å². The first-order chi connectivity index (χ1) is 20.0. The van der Waals surface area contributed by atoms with E-state index in [2.05, 4.69) is 140 Å². The van der Waals surface area contributed by atoms with Gasteiger partial charge in [0.05, 0.1) is 14.2 Å². The second kappa shape index (κ2) is 13.1. The number of nitrogens with zero attached hydrogens (tertiary/aromatic N) is 1. The molecule has 1 atom stereocenters. The van der Waals surface area contributed by atoms with Gasteiger partial charge in [-0.2, -0.15) is 0 Å². The third-order valence-corrected chi connectivity index (χ3v) is 7.25. The normalized spacial score (nSPS) is 14.8. The second-order valence-electron chi connectivity index (χ2n) is 10.4. The lowest BCUT2D eigenvalue weighted by atomic mass is 10.00. The molecule has 41 heavy (non-hydrogen) atoms. The number of methoxy groups -OCH3 is 2. The molecule has 4 aromatic rings. The Kier molecular flexibility index (Phi) is 8.85. The van der Waals surface area contributed by atoms with Crippen molar-refractivity contribution in [3.8, 4) is 11.5 Å². The maximum atomic E-state index is 5.76. The molecule has 1 aliphatic rings. The van der Waals surface area contributed by atoms with Crippen LogP contribution in [0.15, 0.2) is 115 Å². The molecule has 1 aliphatic carbocycles. The number of hydrogen-bond acceptors (Lipinski definition) is 3. The number of para-hydroxylation sites is 1. The van der Waals surface area contributed by atoms with Crippen molar-refractivity contribution < 1.29 is 9.47 Å². The molecule has 0 bridgehead atoms. The molecular formula is C38H37NO2. The van der Waals surface area contributed by atoms with Crippen molar-refractivity contribution in [1.82, 2.24) is 0 Å². The molecule has 0 fully saturated rings. The zero-order chi connectivity index (χ0) is 28.6. The van der Waals surface area contributed by atoms with E-state index in [1.165, 1.54) is 11.3 Å². The van der Waals surface area contributed by atoms with E-state index in [-0.39, 0.29) is 0 Å². The van der Waals surface area contributed by atoms with Crippen LogP contribution in [0.5, 0.6) is 11.5 Å². The molecule has 206 valence electrons. The van der Waals surface area contributed by atoms with E-state index in [0.29, 0.717) is 5.92 Å². The Morgan fingerprint density at radius 1 is 0.683 bits per heavy atom. The summed E-state index contributed by atoms with van der Waals surface area (Å²) in [6.07, 6.45) is 16.2. The molecule has 0 saturated heterocycles. The van der Waals surface area contributed by atoms with Gasteiger partial charge in [0, 0.05) is 28.2 Å². The van der Waals surface area contributed by atoms with Crippen molar-refractivity contribution in [2.24, 2.45) is 5.92 Å². The smallest absolute Gasteiger partial charge is 0.126 e. The third-order valence-electron chi connectivity index (χ3n) is 7.25. The molecule has 0 aliphatic heterocycles. The van der Waals surface area contributed by atoms with Crippen LogP contribution in [0.4, 0.5) is 11.4 Å². The molecule has 0 radical (unpaired) electrons. The van der Waals surface area contributed by atoms with Gasteiger partial charge in [-0.05, 0) is 72.9 Å². The standard InChI is InChI=1S/C38H37NO2/c1-28-13-15-30(16-14-28)17-21-32-26-38(41-4)33(27-37(32)40-3)22-18-31-19-23-35(24-20-31)39(34-10-6-5-7-11-34)36-12-8-9-29(2)25-36/h5-8,10-27,29H,9H2,1-4H3/b21-17+,22-18+. The predicted octanol–water partition coefficient (Wildman–Crippen LogP) is 9.97. The summed E-state index contributed by atoms with van der Waals surface area (Å²) >= 11 is 0. The fourth-order valence-corrected chi connectivity index (χ4v) is 4.98. The molecule has 0 aromatic heterocycles. The summed E-state index contributed by atoms with van der Waals surface area (Å²) in [7, 11) is 3.41. The van der Waals surface area contributed by atoms with Crippen LogP contribution in [0, 0.1) is 12.8 Å². The summed E-state index contributed by atoms with van der Waals surface area (Å²) in [4.78, 5) is 2.32. The quantitative estimate of drug-likeness (QED) is 0.198. The first kappa shape index (κ1) is 27.8. The average molecular weight is 540 g/mol. The lowest BCUT2D eigenvalue weighted by Crippen LogP contribution is -2.17. The topological polar surface area (TPSA) is 21.7 Å². The summed E-state index contributed by atoms with van der Waals surface area (Å²) in [6.45, 7) is 4.35. The summed E-state index contributed by atoms with van der Waals surface area (Å²) in [5, 5.41) is 0. The highest BCUT2D eigenvalue weighted by molar-refractivity contribution is 5.79. The Bertz CT molecular complexity index is 1580. The van der Waals surface area contributed by atoms with Gasteiger partial charge in [0.2, 0.25) is 0 Å². The summed E-state index contributed by atoms with van der Waals surface area (Å²) in [6, 6.07) is 31.7. The molecule has 1 unspecified atom stereocenters. The number of aryl methyl sites for hydroxylation is 1. The first-order valence-corrected chi connectivity index (χ1v) is 14.1. The lowest BCUT2D eigenvalue weighted by Gasteiger charge is -2.28. The molecule has 5 rings (SSSR count). The Morgan fingerprint density at radius 2 is 1.22 bits per heavy atom.